The molecule has 6 nitrogen and oxygen atoms in total. The topological polar surface area (TPSA) is 76.9 Å². The first-order valence-electron chi connectivity index (χ1n) is 7.30. The molecule has 0 aliphatic carbocycles. The highest BCUT2D eigenvalue weighted by Gasteiger charge is 2.20. The Labute approximate surface area is 135 Å². The summed E-state index contributed by atoms with van der Waals surface area (Å²) in [7, 11) is -2.08. The second-order valence-corrected chi connectivity index (χ2v) is 7.31. The van der Waals surface area contributed by atoms with E-state index in [2.05, 4.69) is 14.8 Å². The van der Waals surface area contributed by atoms with Crippen molar-refractivity contribution in [3.05, 3.63) is 48.3 Å². The van der Waals surface area contributed by atoms with Gasteiger partial charge in [-0.25, -0.2) is 17.8 Å². The number of aryl methyl sites for hydroxylation is 1. The number of hydrogen-bond acceptors (Lipinski definition) is 4. The quantitative estimate of drug-likeness (QED) is 0.798. The van der Waals surface area contributed by atoms with Crippen molar-refractivity contribution in [3.63, 3.8) is 0 Å². The minimum Gasteiger partial charge on any atom is -0.247 e. The van der Waals surface area contributed by atoms with Crippen molar-refractivity contribution in [1.29, 1.82) is 0 Å². The van der Waals surface area contributed by atoms with Gasteiger partial charge in [-0.05, 0) is 11.5 Å². The second kappa shape index (κ2) is 5.66. The van der Waals surface area contributed by atoms with Gasteiger partial charge in [0.15, 0.2) is 5.82 Å². The van der Waals surface area contributed by atoms with Crippen molar-refractivity contribution in [1.82, 2.24) is 14.8 Å². The Bertz CT molecular complexity index is 956. The van der Waals surface area contributed by atoms with Crippen LogP contribution in [0.15, 0.2) is 47.4 Å². The van der Waals surface area contributed by atoms with Crippen LogP contribution in [-0.4, -0.2) is 23.2 Å². The van der Waals surface area contributed by atoms with Crippen molar-refractivity contribution < 1.29 is 8.42 Å². The summed E-state index contributed by atoms with van der Waals surface area (Å²) in [4.78, 5) is 4.49. The molecule has 0 amide bonds. The first-order valence-corrected chi connectivity index (χ1v) is 8.78. The summed E-state index contributed by atoms with van der Waals surface area (Å²) in [5, 5.41) is 5.78. The molecule has 3 aromatic rings. The van der Waals surface area contributed by atoms with E-state index in [-0.39, 0.29) is 16.8 Å². The third kappa shape index (κ3) is 2.92. The molecule has 3 rings (SSSR count). The fourth-order valence-electron chi connectivity index (χ4n) is 2.34. The highest BCUT2D eigenvalue weighted by atomic mass is 32.2. The smallest absolute Gasteiger partial charge is 0.247 e. The summed E-state index contributed by atoms with van der Waals surface area (Å²) in [5.74, 6) is 0.932. The maximum atomic E-state index is 12.8. The van der Waals surface area contributed by atoms with Crippen molar-refractivity contribution >= 4 is 26.7 Å². The van der Waals surface area contributed by atoms with Gasteiger partial charge >= 0.3 is 0 Å². The molecule has 0 aliphatic rings. The number of anilines is 1. The normalized spacial score (nSPS) is 12.0. The Kier molecular flexibility index (Phi) is 3.81. The third-order valence-electron chi connectivity index (χ3n) is 3.56. The van der Waals surface area contributed by atoms with Crippen LogP contribution in [0, 0.1) is 0 Å². The molecule has 0 saturated heterocycles. The summed E-state index contributed by atoms with van der Waals surface area (Å²) in [5.41, 5.74) is 0. The molecule has 1 heterocycles. The van der Waals surface area contributed by atoms with Crippen LogP contribution in [0.1, 0.15) is 25.6 Å². The maximum absolute atomic E-state index is 12.8. The standard InChI is InChI=1S/C16H18N4O2S/c1-11(2)15-17-16(20(3)18-15)19-23(21,22)14-10-6-8-12-7-4-5-9-13(12)14/h4-11H,1-3H3,(H,17,18,19). The Morgan fingerprint density at radius 1 is 1.09 bits per heavy atom. The molecular weight excluding hydrogens is 312 g/mol. The van der Waals surface area contributed by atoms with Crippen molar-refractivity contribution in [3.8, 4) is 0 Å². The third-order valence-corrected chi connectivity index (χ3v) is 4.95. The molecule has 0 saturated carbocycles. The zero-order valence-electron chi connectivity index (χ0n) is 13.2. The minimum atomic E-state index is -3.75. The minimum absolute atomic E-state index is 0.122. The number of rotatable bonds is 4. The fourth-order valence-corrected chi connectivity index (χ4v) is 3.60. The first kappa shape index (κ1) is 15.5. The van der Waals surface area contributed by atoms with Crippen LogP contribution in [0.4, 0.5) is 5.95 Å². The van der Waals surface area contributed by atoms with Gasteiger partial charge in [0, 0.05) is 18.4 Å². The molecule has 7 heteroatoms. The average molecular weight is 330 g/mol. The average Bonchev–Trinajstić information content (AvgIpc) is 2.87. The second-order valence-electron chi connectivity index (χ2n) is 5.65. The lowest BCUT2D eigenvalue weighted by Gasteiger charge is -2.09. The summed E-state index contributed by atoms with van der Waals surface area (Å²) in [6.07, 6.45) is 0. The van der Waals surface area contributed by atoms with E-state index in [0.717, 1.165) is 5.39 Å². The lowest BCUT2D eigenvalue weighted by Crippen LogP contribution is -2.16. The van der Waals surface area contributed by atoms with E-state index in [9.17, 15) is 8.42 Å². The molecule has 120 valence electrons. The van der Waals surface area contributed by atoms with Crippen LogP contribution < -0.4 is 4.72 Å². The van der Waals surface area contributed by atoms with E-state index >= 15 is 0 Å². The van der Waals surface area contributed by atoms with Crippen molar-refractivity contribution in [2.45, 2.75) is 24.7 Å². The van der Waals surface area contributed by atoms with E-state index in [1.54, 1.807) is 25.2 Å². The predicted octanol–water partition coefficient (Wildman–Crippen LogP) is 2.89. The zero-order chi connectivity index (χ0) is 16.6. The number of hydrogen-bond donors (Lipinski definition) is 1. The molecule has 23 heavy (non-hydrogen) atoms. The summed E-state index contributed by atoms with van der Waals surface area (Å²) < 4.78 is 29.5. The zero-order valence-corrected chi connectivity index (χ0v) is 14.0. The molecular formula is C16H18N4O2S. The van der Waals surface area contributed by atoms with Gasteiger partial charge in [0.2, 0.25) is 5.95 Å². The van der Waals surface area contributed by atoms with Gasteiger partial charge in [0.05, 0.1) is 4.90 Å². The van der Waals surface area contributed by atoms with Crippen LogP contribution in [0.3, 0.4) is 0 Å². The lowest BCUT2D eigenvalue weighted by atomic mass is 10.1. The molecule has 0 bridgehead atoms. The molecule has 2 aromatic carbocycles. The van der Waals surface area contributed by atoms with Gasteiger partial charge in [-0.2, -0.15) is 10.1 Å². The van der Waals surface area contributed by atoms with Gasteiger partial charge in [-0.3, -0.25) is 0 Å². The van der Waals surface area contributed by atoms with Gasteiger partial charge in [-0.15, -0.1) is 0 Å². The lowest BCUT2D eigenvalue weighted by molar-refractivity contribution is 0.601. The van der Waals surface area contributed by atoms with E-state index in [1.807, 2.05) is 38.1 Å². The molecule has 0 fully saturated rings. The number of nitrogens with zero attached hydrogens (tertiary/aromatic N) is 3. The van der Waals surface area contributed by atoms with Crippen LogP contribution in [-0.2, 0) is 17.1 Å². The molecule has 1 N–H and O–H groups in total. The fraction of sp³-hybridized carbons (Fsp3) is 0.250. The highest BCUT2D eigenvalue weighted by Crippen LogP contribution is 2.24. The van der Waals surface area contributed by atoms with Gasteiger partial charge < -0.3 is 0 Å². The molecule has 1 aromatic heterocycles. The van der Waals surface area contributed by atoms with E-state index in [1.165, 1.54) is 4.68 Å². The number of benzene rings is 2. The Morgan fingerprint density at radius 3 is 2.48 bits per heavy atom. The number of aromatic nitrogens is 3. The Balaban J connectivity index is 2.05. The van der Waals surface area contributed by atoms with Gasteiger partial charge in [0.1, 0.15) is 0 Å². The number of fused-ring (bicyclic) bond motifs is 1. The maximum Gasteiger partial charge on any atom is 0.264 e. The summed E-state index contributed by atoms with van der Waals surface area (Å²) in [6.45, 7) is 3.91. The van der Waals surface area contributed by atoms with Crippen molar-refractivity contribution in [2.24, 2.45) is 7.05 Å². The van der Waals surface area contributed by atoms with Crippen LogP contribution >= 0.6 is 0 Å². The molecule has 0 aliphatic heterocycles. The molecule has 0 radical (unpaired) electrons. The molecule has 0 unspecified atom stereocenters. The molecule has 0 atom stereocenters. The molecule has 0 spiro atoms. The van der Waals surface area contributed by atoms with E-state index in [4.69, 9.17) is 0 Å². The van der Waals surface area contributed by atoms with Crippen LogP contribution in [0.25, 0.3) is 10.8 Å². The summed E-state index contributed by atoms with van der Waals surface area (Å²) in [6, 6.07) is 12.6. The SMILES string of the molecule is CC(C)c1nc(NS(=O)(=O)c2cccc3ccccc23)n(C)n1. The highest BCUT2D eigenvalue weighted by molar-refractivity contribution is 7.93. The monoisotopic (exact) mass is 330 g/mol. The largest absolute Gasteiger partial charge is 0.264 e. The van der Waals surface area contributed by atoms with Crippen LogP contribution in [0.5, 0.6) is 0 Å². The van der Waals surface area contributed by atoms with E-state index in [0.29, 0.717) is 11.2 Å². The van der Waals surface area contributed by atoms with Gasteiger partial charge in [-0.1, -0.05) is 50.2 Å². The number of nitrogens with one attached hydrogen (secondary N) is 1. The summed E-state index contributed by atoms with van der Waals surface area (Å²) >= 11 is 0. The van der Waals surface area contributed by atoms with Gasteiger partial charge in [0.25, 0.3) is 10.0 Å². The first-order chi connectivity index (χ1) is 10.9. The Hall–Kier alpha value is -2.41. The Morgan fingerprint density at radius 2 is 1.78 bits per heavy atom. The number of sulfonamides is 1. The predicted molar refractivity (Wildman–Crippen MR) is 89.8 cm³/mol. The van der Waals surface area contributed by atoms with E-state index < -0.39 is 10.0 Å². The van der Waals surface area contributed by atoms with Crippen molar-refractivity contribution in [2.75, 3.05) is 4.72 Å². The van der Waals surface area contributed by atoms with Crippen LogP contribution in [0.2, 0.25) is 0 Å².